The molecule has 0 aliphatic carbocycles. The lowest BCUT2D eigenvalue weighted by molar-refractivity contribution is -0.385. The second-order valence-electron chi connectivity index (χ2n) is 16.9. The quantitative estimate of drug-likeness (QED) is 0.0408. The number of carbonyl (C=O) groups excluding carboxylic acids is 3. The van der Waals surface area contributed by atoms with Crippen LogP contribution in [0.5, 0.6) is 23.0 Å². The first kappa shape index (κ1) is 64.2. The Morgan fingerprint density at radius 3 is 1.48 bits per heavy atom. The average Bonchev–Trinajstić information content (AvgIpc) is 3.42. The fraction of sp³-hybridized carbons (Fsp3) is 0.472. The summed E-state index contributed by atoms with van der Waals surface area (Å²) in [7, 11) is 6.68. The predicted molar refractivity (Wildman–Crippen MR) is 289 cm³/mol. The Labute approximate surface area is 446 Å². The summed E-state index contributed by atoms with van der Waals surface area (Å²) in [4.78, 5) is 75.4. The molecule has 6 rings (SSSR count). The molecule has 0 atom stereocenters. The van der Waals surface area contributed by atoms with Gasteiger partial charge in [-0.2, -0.15) is 0 Å². The number of carboxylic acids is 1. The number of carboxylic acid groups (broad SMARTS) is 1. The summed E-state index contributed by atoms with van der Waals surface area (Å²) in [5.74, 6) is 1.88. The van der Waals surface area contributed by atoms with Crippen LogP contribution >= 0.6 is 12.4 Å². The number of aliphatic carboxylic acids is 1. The number of benzene rings is 4. The normalized spacial score (nSPS) is 13.1. The SMILES string of the molecule is CCN(CC)CC.COc1ccc(OC)c(CN2CCN(C(=O)CCCC(=O)c3ccc([N+](=O)[O-])cc3)CC2)c1.COc1ccc(OC)c(CN2CCNCC2)c1.Cl.O=C(O)CCNC(=O)c1ccc([N+](=O)[O-])cc1. The van der Waals surface area contributed by atoms with Crippen molar-refractivity contribution in [3.8, 4) is 23.0 Å². The third-order valence-corrected chi connectivity index (χ3v) is 12.2. The van der Waals surface area contributed by atoms with Crippen molar-refractivity contribution in [2.45, 2.75) is 59.5 Å². The minimum absolute atomic E-state index is 0. The van der Waals surface area contributed by atoms with Crippen molar-refractivity contribution in [3.05, 3.63) is 127 Å². The molecule has 3 N–H and O–H groups in total. The highest BCUT2D eigenvalue weighted by molar-refractivity contribution is 5.96. The Morgan fingerprint density at radius 1 is 0.627 bits per heavy atom. The standard InChI is InChI=1S/C24H29N3O6.C13H20N2O2.C10H10N2O5.C6H15N.ClH/c1-32-21-10-11-23(33-2)19(16-21)17-25-12-14-26(15-13-25)24(29)5-3-4-22(28)18-6-8-20(9-7-18)27(30)31;1-16-12-3-4-13(17-2)11(9-12)10-15-7-5-14-6-8-15;13-9(14)5-6-11-10(15)7-1-3-8(4-2-7)12(16)17;1-4-7(5-2)6-3;/h6-11,16H,3-5,12-15,17H2,1-2H3;3-4,9,14H,5-8,10H2,1-2H3;1-4H,5-6H2,(H,11,15)(H,13,14);4-6H2,1-3H3;1H. The van der Waals surface area contributed by atoms with Gasteiger partial charge in [0.25, 0.3) is 17.3 Å². The minimum atomic E-state index is -1.01. The molecule has 2 amide bonds. The molecule has 412 valence electrons. The highest BCUT2D eigenvalue weighted by Gasteiger charge is 2.23. The van der Waals surface area contributed by atoms with E-state index in [0.29, 0.717) is 38.0 Å². The third kappa shape index (κ3) is 23.0. The van der Waals surface area contributed by atoms with Crippen molar-refractivity contribution < 1.29 is 53.1 Å². The molecule has 0 radical (unpaired) electrons. The number of hydrogen-bond donors (Lipinski definition) is 3. The molecule has 4 aromatic rings. The highest BCUT2D eigenvalue weighted by atomic mass is 35.5. The number of carbonyl (C=O) groups is 4. The van der Waals surface area contributed by atoms with Crippen molar-refractivity contribution in [1.82, 2.24) is 30.2 Å². The molecule has 4 aromatic carbocycles. The Bertz CT molecular complexity index is 2370. The number of hydrogen-bond acceptors (Lipinski definition) is 16. The van der Waals surface area contributed by atoms with E-state index in [0.717, 1.165) is 74.4 Å². The summed E-state index contributed by atoms with van der Waals surface area (Å²) in [6.07, 6.45) is 0.830. The van der Waals surface area contributed by atoms with Gasteiger partial charge in [-0.25, -0.2) is 0 Å². The summed E-state index contributed by atoms with van der Waals surface area (Å²) < 4.78 is 21.4. The maximum Gasteiger partial charge on any atom is 0.305 e. The van der Waals surface area contributed by atoms with Crippen molar-refractivity contribution in [2.24, 2.45) is 0 Å². The fourth-order valence-corrected chi connectivity index (χ4v) is 7.78. The number of amides is 2. The van der Waals surface area contributed by atoms with E-state index in [9.17, 15) is 39.4 Å². The Balaban J connectivity index is 0.000000386. The smallest absolute Gasteiger partial charge is 0.305 e. The van der Waals surface area contributed by atoms with Gasteiger partial charge in [0.2, 0.25) is 5.91 Å². The van der Waals surface area contributed by atoms with Crippen LogP contribution in [0.2, 0.25) is 0 Å². The van der Waals surface area contributed by atoms with Gasteiger partial charge in [0.05, 0.1) is 44.7 Å². The zero-order chi connectivity index (χ0) is 54.4. The van der Waals surface area contributed by atoms with Crippen molar-refractivity contribution >= 4 is 47.3 Å². The fourth-order valence-electron chi connectivity index (χ4n) is 7.78. The Hall–Kier alpha value is -6.91. The summed E-state index contributed by atoms with van der Waals surface area (Å²) in [6, 6.07) is 22.3. The second-order valence-corrected chi connectivity index (χ2v) is 16.9. The molecule has 2 fully saturated rings. The Kier molecular flexibility index (Phi) is 30.2. The number of nitrogens with one attached hydrogen (secondary N) is 2. The number of ether oxygens (including phenoxy) is 4. The Morgan fingerprint density at radius 2 is 1.08 bits per heavy atom. The zero-order valence-corrected chi connectivity index (χ0v) is 45.1. The van der Waals surface area contributed by atoms with Crippen LogP contribution in [0.3, 0.4) is 0 Å². The van der Waals surface area contributed by atoms with Gasteiger partial charge < -0.3 is 44.5 Å². The van der Waals surface area contributed by atoms with E-state index in [-0.39, 0.29) is 60.4 Å². The molecule has 21 nitrogen and oxygen atoms in total. The lowest BCUT2D eigenvalue weighted by Gasteiger charge is -2.35. The maximum absolute atomic E-state index is 12.6. The van der Waals surface area contributed by atoms with Crippen LogP contribution < -0.4 is 29.6 Å². The second kappa shape index (κ2) is 35.3. The first-order valence-electron chi connectivity index (χ1n) is 24.7. The molecule has 0 spiro atoms. The van der Waals surface area contributed by atoms with Crippen LogP contribution in [0.1, 0.15) is 78.3 Å². The van der Waals surface area contributed by atoms with Crippen LogP contribution in [0.15, 0.2) is 84.9 Å². The monoisotopic (exact) mass is 1070 g/mol. The van der Waals surface area contributed by atoms with Gasteiger partial charge in [0, 0.05) is 131 Å². The minimum Gasteiger partial charge on any atom is -0.497 e. The van der Waals surface area contributed by atoms with Gasteiger partial charge in [-0.1, -0.05) is 20.8 Å². The first-order valence-corrected chi connectivity index (χ1v) is 24.7. The number of Topliss-reactive ketones (excluding diaryl/α,β-unsaturated/α-hetero) is 1. The number of halogens is 1. The lowest BCUT2D eigenvalue weighted by atomic mass is 10.0. The van der Waals surface area contributed by atoms with Crippen LogP contribution in [-0.4, -0.2) is 165 Å². The number of non-ortho nitro benzene ring substituents is 2. The molecule has 2 heterocycles. The number of methoxy groups -OCH3 is 4. The molecule has 0 aromatic heterocycles. The molecular weight excluding hydrogens is 992 g/mol. The van der Waals surface area contributed by atoms with Gasteiger partial charge in [-0.15, -0.1) is 12.4 Å². The van der Waals surface area contributed by atoms with E-state index >= 15 is 0 Å². The predicted octanol–water partition coefficient (Wildman–Crippen LogP) is 6.99. The van der Waals surface area contributed by atoms with Crippen molar-refractivity contribution in [3.63, 3.8) is 0 Å². The summed E-state index contributed by atoms with van der Waals surface area (Å²) in [5.41, 5.74) is 2.75. The number of rotatable bonds is 22. The molecule has 2 aliphatic rings. The number of ketones is 1. The average molecular weight is 1070 g/mol. The highest BCUT2D eigenvalue weighted by Crippen LogP contribution is 2.27. The van der Waals surface area contributed by atoms with Gasteiger partial charge in [-0.3, -0.25) is 49.2 Å². The van der Waals surface area contributed by atoms with E-state index in [1.54, 1.807) is 28.4 Å². The molecule has 2 aliphatic heterocycles. The molecule has 2 saturated heterocycles. The van der Waals surface area contributed by atoms with Crippen LogP contribution in [0.4, 0.5) is 11.4 Å². The number of piperazine rings is 2. The summed E-state index contributed by atoms with van der Waals surface area (Å²) in [6.45, 7) is 18.9. The van der Waals surface area contributed by atoms with Crippen molar-refractivity contribution in [2.75, 3.05) is 107 Å². The molecule has 0 unspecified atom stereocenters. The molecule has 0 bridgehead atoms. The van der Waals surface area contributed by atoms with E-state index in [1.165, 1.54) is 73.7 Å². The van der Waals surface area contributed by atoms with Gasteiger partial charge in [-0.05, 0) is 86.7 Å². The van der Waals surface area contributed by atoms with Crippen molar-refractivity contribution in [1.29, 1.82) is 0 Å². The van der Waals surface area contributed by atoms with E-state index < -0.39 is 21.7 Å². The van der Waals surface area contributed by atoms with Gasteiger partial charge in [0.1, 0.15) is 23.0 Å². The van der Waals surface area contributed by atoms with E-state index in [4.69, 9.17) is 24.1 Å². The van der Waals surface area contributed by atoms with E-state index in [1.807, 2.05) is 35.2 Å². The van der Waals surface area contributed by atoms with Crippen LogP contribution in [-0.2, 0) is 22.7 Å². The molecule has 0 saturated carbocycles. The van der Waals surface area contributed by atoms with Crippen LogP contribution in [0, 0.1) is 20.2 Å². The summed E-state index contributed by atoms with van der Waals surface area (Å²) in [5, 5.41) is 35.2. The maximum atomic E-state index is 12.6. The van der Waals surface area contributed by atoms with E-state index in [2.05, 4.69) is 52.2 Å². The number of nitro benzene ring substituents is 2. The van der Waals surface area contributed by atoms with Crippen LogP contribution in [0.25, 0.3) is 0 Å². The molecule has 22 heteroatoms. The topological polar surface area (TPSA) is 249 Å². The third-order valence-electron chi connectivity index (χ3n) is 12.2. The first-order chi connectivity index (χ1) is 35.6. The zero-order valence-electron chi connectivity index (χ0n) is 44.2. The number of nitrogens with zero attached hydrogens (tertiary/aromatic N) is 6. The lowest BCUT2D eigenvalue weighted by Crippen LogP contribution is -2.48. The largest absolute Gasteiger partial charge is 0.497 e. The molecular formula is C53H75ClN8O13. The number of nitro groups is 2. The van der Waals surface area contributed by atoms with Gasteiger partial charge in [0.15, 0.2) is 5.78 Å². The van der Waals surface area contributed by atoms with Gasteiger partial charge >= 0.3 is 5.97 Å². The summed E-state index contributed by atoms with van der Waals surface area (Å²) >= 11 is 0. The molecule has 75 heavy (non-hydrogen) atoms.